The van der Waals surface area contributed by atoms with Crippen molar-refractivity contribution in [1.82, 2.24) is 4.90 Å². The minimum absolute atomic E-state index is 0.257. The molecule has 2 heterocycles. The molecule has 2 atom stereocenters. The average Bonchev–Trinajstić information content (AvgIpc) is 2.93. The van der Waals surface area contributed by atoms with Crippen LogP contribution in [0.1, 0.15) is 51.9 Å². The SMILES string of the molecule is CC1(O)CCN(CC2CCC3(CCCC3)O2)C1. The van der Waals surface area contributed by atoms with Gasteiger partial charge >= 0.3 is 0 Å². The van der Waals surface area contributed by atoms with E-state index in [1.54, 1.807) is 0 Å². The quantitative estimate of drug-likeness (QED) is 0.799. The number of β-amino-alcohol motifs (C(OH)–C–C–N with tert-alkyl or cyclic N) is 1. The number of aliphatic hydroxyl groups is 1. The molecule has 3 aliphatic rings. The summed E-state index contributed by atoms with van der Waals surface area (Å²) in [4.78, 5) is 2.37. The minimum atomic E-state index is -0.469. The largest absolute Gasteiger partial charge is 0.389 e. The van der Waals surface area contributed by atoms with Crippen LogP contribution in [0.3, 0.4) is 0 Å². The molecule has 3 nitrogen and oxygen atoms in total. The van der Waals surface area contributed by atoms with E-state index in [2.05, 4.69) is 4.90 Å². The summed E-state index contributed by atoms with van der Waals surface area (Å²) in [7, 11) is 0. The van der Waals surface area contributed by atoms with Gasteiger partial charge in [0, 0.05) is 19.6 Å². The van der Waals surface area contributed by atoms with Crippen molar-refractivity contribution in [2.75, 3.05) is 19.6 Å². The second-order valence-electron chi connectivity index (χ2n) is 6.65. The number of hydrogen-bond donors (Lipinski definition) is 1. The van der Waals surface area contributed by atoms with Crippen LogP contribution in [0.25, 0.3) is 0 Å². The number of likely N-dealkylation sites (tertiary alicyclic amines) is 1. The normalized spacial score (nSPS) is 41.6. The fraction of sp³-hybridized carbons (Fsp3) is 1.00. The van der Waals surface area contributed by atoms with Crippen molar-refractivity contribution >= 4 is 0 Å². The molecule has 98 valence electrons. The van der Waals surface area contributed by atoms with E-state index in [1.807, 2.05) is 6.92 Å². The van der Waals surface area contributed by atoms with Crippen molar-refractivity contribution in [3.05, 3.63) is 0 Å². The van der Waals surface area contributed by atoms with Crippen molar-refractivity contribution in [3.63, 3.8) is 0 Å². The summed E-state index contributed by atoms with van der Waals surface area (Å²) in [6.45, 7) is 4.82. The highest BCUT2D eigenvalue weighted by molar-refractivity contribution is 4.95. The van der Waals surface area contributed by atoms with Gasteiger partial charge in [-0.2, -0.15) is 0 Å². The fourth-order valence-electron chi connectivity index (χ4n) is 3.89. The van der Waals surface area contributed by atoms with Crippen molar-refractivity contribution < 1.29 is 9.84 Å². The van der Waals surface area contributed by atoms with Gasteiger partial charge in [-0.15, -0.1) is 0 Å². The Morgan fingerprint density at radius 3 is 2.65 bits per heavy atom. The van der Waals surface area contributed by atoms with Crippen LogP contribution in [-0.2, 0) is 4.74 Å². The van der Waals surface area contributed by atoms with E-state index >= 15 is 0 Å². The molecule has 1 spiro atoms. The summed E-state index contributed by atoms with van der Waals surface area (Å²) in [6.07, 6.45) is 9.08. The Morgan fingerprint density at radius 1 is 1.24 bits per heavy atom. The zero-order valence-corrected chi connectivity index (χ0v) is 11.0. The van der Waals surface area contributed by atoms with Crippen LogP contribution in [-0.4, -0.2) is 46.9 Å². The molecule has 2 unspecified atom stereocenters. The predicted molar refractivity (Wildman–Crippen MR) is 67.0 cm³/mol. The van der Waals surface area contributed by atoms with E-state index in [0.717, 1.165) is 26.1 Å². The Bertz CT molecular complexity index is 284. The summed E-state index contributed by atoms with van der Waals surface area (Å²) in [6, 6.07) is 0. The zero-order chi connectivity index (χ0) is 11.9. The first-order valence-corrected chi connectivity index (χ1v) is 7.20. The summed E-state index contributed by atoms with van der Waals surface area (Å²) >= 11 is 0. The average molecular weight is 239 g/mol. The highest BCUT2D eigenvalue weighted by Crippen LogP contribution is 2.43. The second-order valence-corrected chi connectivity index (χ2v) is 6.65. The molecule has 1 N–H and O–H groups in total. The zero-order valence-electron chi connectivity index (χ0n) is 11.0. The van der Waals surface area contributed by atoms with E-state index in [1.165, 1.54) is 38.5 Å². The molecule has 0 aromatic carbocycles. The second kappa shape index (κ2) is 4.22. The predicted octanol–water partition coefficient (Wildman–Crippen LogP) is 1.93. The third-order valence-electron chi connectivity index (χ3n) is 4.85. The highest BCUT2D eigenvalue weighted by atomic mass is 16.5. The van der Waals surface area contributed by atoms with Gasteiger partial charge in [-0.1, -0.05) is 12.8 Å². The van der Waals surface area contributed by atoms with Crippen LogP contribution < -0.4 is 0 Å². The van der Waals surface area contributed by atoms with E-state index in [-0.39, 0.29) is 5.60 Å². The molecule has 1 saturated carbocycles. The summed E-state index contributed by atoms with van der Waals surface area (Å²) in [5.41, 5.74) is -0.212. The lowest BCUT2D eigenvalue weighted by Gasteiger charge is -2.26. The Morgan fingerprint density at radius 2 is 2.00 bits per heavy atom. The van der Waals surface area contributed by atoms with E-state index < -0.39 is 5.60 Å². The van der Waals surface area contributed by atoms with Crippen LogP contribution in [0, 0.1) is 0 Å². The molecule has 0 bridgehead atoms. The van der Waals surface area contributed by atoms with E-state index in [0.29, 0.717) is 6.10 Å². The molecule has 0 amide bonds. The van der Waals surface area contributed by atoms with Gasteiger partial charge in [0.15, 0.2) is 0 Å². The fourth-order valence-corrected chi connectivity index (χ4v) is 3.89. The maximum absolute atomic E-state index is 9.96. The Hall–Kier alpha value is -0.120. The number of hydrogen-bond acceptors (Lipinski definition) is 3. The smallest absolute Gasteiger partial charge is 0.0758 e. The number of rotatable bonds is 2. The standard InChI is InChI=1S/C14H25NO2/c1-13(16)8-9-15(11-13)10-12-4-7-14(17-12)5-2-3-6-14/h12,16H,2-11H2,1H3. The Labute approximate surface area is 104 Å². The first-order chi connectivity index (χ1) is 8.07. The highest BCUT2D eigenvalue weighted by Gasteiger charge is 2.43. The summed E-state index contributed by atoms with van der Waals surface area (Å²) < 4.78 is 6.32. The van der Waals surface area contributed by atoms with Gasteiger partial charge in [0.05, 0.1) is 17.3 Å². The molecule has 0 aromatic rings. The molecule has 0 radical (unpaired) electrons. The summed E-state index contributed by atoms with van der Waals surface area (Å²) in [5, 5.41) is 9.96. The van der Waals surface area contributed by atoms with Crippen molar-refractivity contribution in [2.45, 2.75) is 69.2 Å². The van der Waals surface area contributed by atoms with E-state index in [4.69, 9.17) is 4.74 Å². The van der Waals surface area contributed by atoms with Crippen molar-refractivity contribution in [1.29, 1.82) is 0 Å². The molecule has 2 saturated heterocycles. The Balaban J connectivity index is 1.51. The van der Waals surface area contributed by atoms with Crippen LogP contribution in [0.4, 0.5) is 0 Å². The van der Waals surface area contributed by atoms with Gasteiger partial charge in [0.25, 0.3) is 0 Å². The van der Waals surface area contributed by atoms with Gasteiger partial charge in [0.1, 0.15) is 0 Å². The third kappa shape index (κ3) is 2.51. The van der Waals surface area contributed by atoms with Gasteiger partial charge in [-0.3, -0.25) is 4.90 Å². The van der Waals surface area contributed by atoms with Gasteiger partial charge < -0.3 is 9.84 Å². The number of ether oxygens (including phenoxy) is 1. The van der Waals surface area contributed by atoms with Gasteiger partial charge in [0.2, 0.25) is 0 Å². The Kier molecular flexibility index (Phi) is 2.96. The van der Waals surface area contributed by atoms with Gasteiger partial charge in [-0.25, -0.2) is 0 Å². The third-order valence-corrected chi connectivity index (χ3v) is 4.85. The number of nitrogens with zero attached hydrogens (tertiary/aromatic N) is 1. The monoisotopic (exact) mass is 239 g/mol. The van der Waals surface area contributed by atoms with Crippen LogP contribution in [0.5, 0.6) is 0 Å². The van der Waals surface area contributed by atoms with Gasteiger partial charge in [-0.05, 0) is 39.0 Å². The summed E-state index contributed by atoms with van der Waals surface area (Å²) in [5.74, 6) is 0. The molecule has 17 heavy (non-hydrogen) atoms. The van der Waals surface area contributed by atoms with Crippen molar-refractivity contribution in [2.24, 2.45) is 0 Å². The topological polar surface area (TPSA) is 32.7 Å². The van der Waals surface area contributed by atoms with E-state index in [9.17, 15) is 5.11 Å². The molecule has 3 rings (SSSR count). The van der Waals surface area contributed by atoms with Crippen LogP contribution in [0.15, 0.2) is 0 Å². The first kappa shape index (κ1) is 11.9. The molecular weight excluding hydrogens is 214 g/mol. The molecule has 1 aliphatic carbocycles. The molecule has 2 aliphatic heterocycles. The molecule has 0 aromatic heterocycles. The van der Waals surface area contributed by atoms with Crippen LogP contribution in [0.2, 0.25) is 0 Å². The molecular formula is C14H25NO2. The van der Waals surface area contributed by atoms with Crippen LogP contribution >= 0.6 is 0 Å². The maximum atomic E-state index is 9.96. The lowest BCUT2D eigenvalue weighted by atomic mass is 9.98. The lowest BCUT2D eigenvalue weighted by molar-refractivity contribution is -0.0473. The molecule has 3 heteroatoms. The van der Waals surface area contributed by atoms with Crippen molar-refractivity contribution in [3.8, 4) is 0 Å². The molecule has 3 fully saturated rings. The maximum Gasteiger partial charge on any atom is 0.0758 e. The minimum Gasteiger partial charge on any atom is -0.389 e. The first-order valence-electron chi connectivity index (χ1n) is 7.20. The lowest BCUT2D eigenvalue weighted by Crippen LogP contribution is -2.36.